The highest BCUT2D eigenvalue weighted by atomic mass is 35.5. The van der Waals surface area contributed by atoms with Crippen molar-refractivity contribution in [1.29, 1.82) is 0 Å². The lowest BCUT2D eigenvalue weighted by Crippen LogP contribution is -2.03. The second kappa shape index (κ2) is 7.45. The summed E-state index contributed by atoms with van der Waals surface area (Å²) in [4.78, 5) is 8.51. The predicted molar refractivity (Wildman–Crippen MR) is 101 cm³/mol. The van der Waals surface area contributed by atoms with E-state index in [0.29, 0.717) is 16.3 Å². The van der Waals surface area contributed by atoms with Gasteiger partial charge in [0, 0.05) is 16.3 Å². The van der Waals surface area contributed by atoms with E-state index in [9.17, 15) is 9.50 Å². The fourth-order valence-electron chi connectivity index (χ4n) is 2.26. The van der Waals surface area contributed by atoms with Crippen LogP contribution in [0.4, 0.5) is 21.7 Å². The van der Waals surface area contributed by atoms with Crippen LogP contribution in [-0.2, 0) is 0 Å². The van der Waals surface area contributed by atoms with E-state index in [1.54, 1.807) is 24.3 Å². The molecular formula is C17H11ClFN7O2. The molecule has 9 nitrogen and oxygen atoms in total. The first-order valence-corrected chi connectivity index (χ1v) is 8.27. The number of benzene rings is 2. The fraction of sp³-hybridized carbons (Fsp3) is 0. The highest BCUT2D eigenvalue weighted by Crippen LogP contribution is 2.24. The number of nitrogens with one attached hydrogen (secondary N) is 2. The maximum Gasteiger partial charge on any atom is 0.245 e. The van der Waals surface area contributed by atoms with Gasteiger partial charge < -0.3 is 10.4 Å². The van der Waals surface area contributed by atoms with E-state index >= 15 is 0 Å². The Bertz CT molecular complexity index is 1160. The number of phenolic OH excluding ortho intramolecular Hbond substituents is 1. The number of hydrogen-bond acceptors (Lipinski definition) is 9. The molecule has 11 heteroatoms. The number of hydrogen-bond donors (Lipinski definition) is 3. The van der Waals surface area contributed by atoms with Crippen molar-refractivity contribution in [1.82, 2.24) is 20.3 Å². The first-order chi connectivity index (χ1) is 13.6. The summed E-state index contributed by atoms with van der Waals surface area (Å²) < 4.78 is 17.7. The van der Waals surface area contributed by atoms with E-state index in [1.807, 2.05) is 0 Å². The van der Waals surface area contributed by atoms with Crippen molar-refractivity contribution in [3.8, 4) is 5.75 Å². The maximum atomic E-state index is 13.1. The van der Waals surface area contributed by atoms with Gasteiger partial charge in [-0.15, -0.1) is 0 Å². The number of aromatic hydroxyl groups is 1. The molecule has 0 aliphatic carbocycles. The fourth-order valence-corrected chi connectivity index (χ4v) is 2.45. The van der Waals surface area contributed by atoms with Crippen LogP contribution in [0.5, 0.6) is 5.75 Å². The number of halogens is 2. The van der Waals surface area contributed by atoms with Crippen molar-refractivity contribution >= 4 is 46.4 Å². The van der Waals surface area contributed by atoms with Crippen molar-refractivity contribution in [2.24, 2.45) is 5.10 Å². The average molecular weight is 400 g/mol. The lowest BCUT2D eigenvalue weighted by molar-refractivity contribution is 0.314. The van der Waals surface area contributed by atoms with Crippen LogP contribution < -0.4 is 10.7 Å². The van der Waals surface area contributed by atoms with Gasteiger partial charge in [-0.3, -0.25) is 5.43 Å². The Kier molecular flexibility index (Phi) is 4.68. The summed E-state index contributed by atoms with van der Waals surface area (Å²) in [5, 5.41) is 24.6. The average Bonchev–Trinajstić information content (AvgIpc) is 3.13. The molecule has 3 N–H and O–H groups in total. The van der Waals surface area contributed by atoms with E-state index in [-0.39, 0.29) is 34.5 Å². The molecule has 0 atom stereocenters. The summed E-state index contributed by atoms with van der Waals surface area (Å²) in [6.45, 7) is 0. The van der Waals surface area contributed by atoms with Crippen LogP contribution in [0, 0.1) is 5.82 Å². The molecule has 0 unspecified atom stereocenters. The molecule has 0 saturated heterocycles. The van der Waals surface area contributed by atoms with Gasteiger partial charge in [0.25, 0.3) is 0 Å². The normalized spacial score (nSPS) is 11.2. The topological polar surface area (TPSA) is 121 Å². The van der Waals surface area contributed by atoms with Crippen LogP contribution in [0.3, 0.4) is 0 Å². The summed E-state index contributed by atoms with van der Waals surface area (Å²) in [6.07, 6.45) is 1.37. The summed E-state index contributed by atoms with van der Waals surface area (Å²) in [6, 6.07) is 10.3. The first kappa shape index (κ1) is 17.6. The highest BCUT2D eigenvalue weighted by Gasteiger charge is 2.13. The Morgan fingerprint density at radius 3 is 2.50 bits per heavy atom. The van der Waals surface area contributed by atoms with Crippen molar-refractivity contribution in [2.75, 3.05) is 10.7 Å². The minimum absolute atomic E-state index is 0.0156. The number of phenols is 1. The maximum absolute atomic E-state index is 13.1. The molecule has 0 aliphatic heterocycles. The summed E-state index contributed by atoms with van der Waals surface area (Å²) >= 11 is 5.91. The zero-order chi connectivity index (χ0) is 19.5. The van der Waals surface area contributed by atoms with Crippen LogP contribution in [0.15, 0.2) is 52.2 Å². The first-order valence-electron chi connectivity index (χ1n) is 7.89. The third kappa shape index (κ3) is 3.81. The Labute approximate surface area is 161 Å². The molecule has 0 radical (unpaired) electrons. The molecule has 2 heterocycles. The van der Waals surface area contributed by atoms with Gasteiger partial charge in [0.05, 0.1) is 6.21 Å². The molecule has 0 amide bonds. The number of hydrazone groups is 1. The second-order valence-electron chi connectivity index (χ2n) is 5.54. The van der Waals surface area contributed by atoms with Crippen molar-refractivity contribution < 1.29 is 14.1 Å². The molecule has 4 rings (SSSR count). The Balaban J connectivity index is 1.63. The Morgan fingerprint density at radius 1 is 1.04 bits per heavy atom. The van der Waals surface area contributed by atoms with E-state index in [0.717, 1.165) is 0 Å². The molecule has 0 fully saturated rings. The van der Waals surface area contributed by atoms with Gasteiger partial charge in [-0.25, -0.2) is 14.0 Å². The highest BCUT2D eigenvalue weighted by molar-refractivity contribution is 6.30. The molecule has 4 aromatic rings. The molecule has 0 spiro atoms. The molecule has 0 bridgehead atoms. The van der Waals surface area contributed by atoms with Crippen LogP contribution in [-0.4, -0.2) is 31.6 Å². The second-order valence-corrected chi connectivity index (χ2v) is 5.97. The zero-order valence-corrected chi connectivity index (χ0v) is 14.7. The van der Waals surface area contributed by atoms with Gasteiger partial charge in [-0.1, -0.05) is 11.6 Å². The van der Waals surface area contributed by atoms with E-state index in [2.05, 4.69) is 40.8 Å². The molecular weight excluding hydrogens is 389 g/mol. The van der Waals surface area contributed by atoms with Crippen LogP contribution in [0.1, 0.15) is 5.56 Å². The smallest absolute Gasteiger partial charge is 0.245 e. The third-order valence-corrected chi connectivity index (χ3v) is 3.82. The van der Waals surface area contributed by atoms with Crippen molar-refractivity contribution in [2.45, 2.75) is 0 Å². The summed E-state index contributed by atoms with van der Waals surface area (Å²) in [7, 11) is 0. The molecule has 0 saturated carbocycles. The molecule has 28 heavy (non-hydrogen) atoms. The van der Waals surface area contributed by atoms with Gasteiger partial charge in [-0.2, -0.15) is 10.1 Å². The Hall–Kier alpha value is -3.79. The summed E-state index contributed by atoms with van der Waals surface area (Å²) in [5.74, 6) is 0.131. The standard InChI is InChI=1S/C17H11ClFN7O2/c18-10-1-6-13(27)9(7-10)8-20-24-15-14(21-12-4-2-11(19)3-5-12)22-16-17(23-15)26-28-25-16/h1-8,27H,(H,21,22,25)(H,23,24,26). The van der Waals surface area contributed by atoms with Crippen molar-refractivity contribution in [3.05, 3.63) is 58.9 Å². The van der Waals surface area contributed by atoms with Gasteiger partial charge in [0.1, 0.15) is 11.6 Å². The Morgan fingerprint density at radius 2 is 1.75 bits per heavy atom. The van der Waals surface area contributed by atoms with Gasteiger partial charge >= 0.3 is 0 Å². The lowest BCUT2D eigenvalue weighted by atomic mass is 10.2. The molecule has 2 aromatic carbocycles. The number of aromatic nitrogens is 4. The van der Waals surface area contributed by atoms with Crippen molar-refractivity contribution in [3.63, 3.8) is 0 Å². The van der Waals surface area contributed by atoms with Crippen LogP contribution in [0.25, 0.3) is 11.3 Å². The SMILES string of the molecule is Oc1ccc(Cl)cc1C=NNc1nc2nonc2nc1Nc1ccc(F)cc1. The van der Waals surface area contributed by atoms with Crippen LogP contribution >= 0.6 is 11.6 Å². The minimum atomic E-state index is -0.364. The molecule has 2 aromatic heterocycles. The number of anilines is 3. The monoisotopic (exact) mass is 399 g/mol. The minimum Gasteiger partial charge on any atom is -0.507 e. The molecule has 140 valence electrons. The van der Waals surface area contributed by atoms with Gasteiger partial charge in [0.2, 0.25) is 11.3 Å². The van der Waals surface area contributed by atoms with Gasteiger partial charge in [-0.05, 0) is 52.8 Å². The van der Waals surface area contributed by atoms with E-state index in [1.165, 1.54) is 24.4 Å². The number of nitrogens with zero attached hydrogens (tertiary/aromatic N) is 5. The molecule has 0 aliphatic rings. The lowest BCUT2D eigenvalue weighted by Gasteiger charge is -2.09. The number of fused-ring (bicyclic) bond motifs is 1. The quantitative estimate of drug-likeness (QED) is 0.343. The predicted octanol–water partition coefficient (Wildman–Crippen LogP) is 3.70. The largest absolute Gasteiger partial charge is 0.507 e. The number of rotatable bonds is 5. The van der Waals surface area contributed by atoms with E-state index < -0.39 is 0 Å². The third-order valence-electron chi connectivity index (χ3n) is 3.58. The van der Waals surface area contributed by atoms with Gasteiger partial charge in [0.15, 0.2) is 11.6 Å². The zero-order valence-electron chi connectivity index (χ0n) is 14.0. The summed E-state index contributed by atoms with van der Waals surface area (Å²) in [5.41, 5.74) is 4.06. The van der Waals surface area contributed by atoms with E-state index in [4.69, 9.17) is 11.6 Å². The van der Waals surface area contributed by atoms with Crippen LogP contribution in [0.2, 0.25) is 5.02 Å².